The van der Waals surface area contributed by atoms with Gasteiger partial charge in [-0.1, -0.05) is 25.3 Å². The van der Waals surface area contributed by atoms with Crippen molar-refractivity contribution in [2.75, 3.05) is 6.61 Å². The summed E-state index contributed by atoms with van der Waals surface area (Å²) < 4.78 is 5.63. The van der Waals surface area contributed by atoms with E-state index in [0.29, 0.717) is 6.61 Å². The number of fused-ring (bicyclic) bond motifs is 1. The van der Waals surface area contributed by atoms with Crippen LogP contribution in [0, 0.1) is 5.92 Å². The number of benzene rings is 1. The predicted octanol–water partition coefficient (Wildman–Crippen LogP) is 4.40. The van der Waals surface area contributed by atoms with E-state index in [9.17, 15) is 4.79 Å². The SMILES string of the molecule is CCOc1ccc(C(=O)C2CCCCC2)c2cccnc12. The van der Waals surface area contributed by atoms with Crippen LogP contribution >= 0.6 is 0 Å². The van der Waals surface area contributed by atoms with Crippen LogP contribution in [-0.4, -0.2) is 17.4 Å². The number of hydrogen-bond acceptors (Lipinski definition) is 3. The van der Waals surface area contributed by atoms with Crippen molar-refractivity contribution in [1.29, 1.82) is 0 Å². The fourth-order valence-electron chi connectivity index (χ4n) is 3.22. The van der Waals surface area contributed by atoms with Crippen LogP contribution in [0.4, 0.5) is 0 Å². The fourth-order valence-corrected chi connectivity index (χ4v) is 3.22. The van der Waals surface area contributed by atoms with Gasteiger partial charge < -0.3 is 4.74 Å². The Morgan fingerprint density at radius 1 is 1.24 bits per heavy atom. The molecule has 110 valence electrons. The summed E-state index contributed by atoms with van der Waals surface area (Å²) in [6.07, 6.45) is 7.39. The van der Waals surface area contributed by atoms with Crippen molar-refractivity contribution in [2.45, 2.75) is 39.0 Å². The summed E-state index contributed by atoms with van der Waals surface area (Å²) in [5.41, 5.74) is 1.59. The smallest absolute Gasteiger partial charge is 0.166 e. The van der Waals surface area contributed by atoms with Gasteiger partial charge in [0.15, 0.2) is 5.78 Å². The number of hydrogen-bond donors (Lipinski definition) is 0. The molecule has 1 aromatic heterocycles. The Labute approximate surface area is 125 Å². The minimum absolute atomic E-state index is 0.181. The van der Waals surface area contributed by atoms with Gasteiger partial charge in [-0.05, 0) is 38.0 Å². The van der Waals surface area contributed by atoms with Crippen LogP contribution in [-0.2, 0) is 0 Å². The Morgan fingerprint density at radius 2 is 2.05 bits per heavy atom. The Bertz CT molecular complexity index is 645. The molecule has 21 heavy (non-hydrogen) atoms. The third-order valence-electron chi connectivity index (χ3n) is 4.27. The zero-order valence-electron chi connectivity index (χ0n) is 12.5. The summed E-state index contributed by atoms with van der Waals surface area (Å²) >= 11 is 0. The molecule has 0 amide bonds. The van der Waals surface area contributed by atoms with Crippen LogP contribution in [0.2, 0.25) is 0 Å². The van der Waals surface area contributed by atoms with Crippen LogP contribution in [0.1, 0.15) is 49.4 Å². The van der Waals surface area contributed by atoms with Gasteiger partial charge in [-0.25, -0.2) is 0 Å². The maximum Gasteiger partial charge on any atom is 0.166 e. The zero-order valence-corrected chi connectivity index (χ0v) is 12.5. The molecule has 1 fully saturated rings. The van der Waals surface area contributed by atoms with E-state index in [1.807, 2.05) is 31.2 Å². The minimum Gasteiger partial charge on any atom is -0.492 e. The first-order valence-electron chi connectivity index (χ1n) is 7.86. The van der Waals surface area contributed by atoms with E-state index in [1.54, 1.807) is 6.20 Å². The molecule has 3 heteroatoms. The highest BCUT2D eigenvalue weighted by molar-refractivity contribution is 6.09. The number of carbonyl (C=O) groups excluding carboxylic acids is 1. The average Bonchev–Trinajstić information content (AvgIpc) is 2.56. The normalized spacial score (nSPS) is 16.0. The molecule has 0 aliphatic heterocycles. The molecular formula is C18H21NO2. The van der Waals surface area contributed by atoms with E-state index in [1.165, 1.54) is 19.3 Å². The number of nitrogens with zero attached hydrogens (tertiary/aromatic N) is 1. The standard InChI is InChI=1S/C18H21NO2/c1-2-21-16-11-10-15(14-9-6-12-19-17(14)16)18(20)13-7-4-3-5-8-13/h6,9-13H,2-5,7-8H2,1H3. The Morgan fingerprint density at radius 3 is 2.81 bits per heavy atom. The summed E-state index contributed by atoms with van der Waals surface area (Å²) in [4.78, 5) is 17.2. The molecule has 0 radical (unpaired) electrons. The Kier molecular flexibility index (Phi) is 4.18. The molecule has 0 unspecified atom stereocenters. The van der Waals surface area contributed by atoms with Crippen LogP contribution < -0.4 is 4.74 Å². The number of Topliss-reactive ketones (excluding diaryl/α,β-unsaturated/α-hetero) is 1. The molecule has 0 saturated heterocycles. The van der Waals surface area contributed by atoms with Crippen LogP contribution in [0.25, 0.3) is 10.9 Å². The van der Waals surface area contributed by atoms with Crippen molar-refractivity contribution in [1.82, 2.24) is 4.98 Å². The van der Waals surface area contributed by atoms with Gasteiger partial charge in [0.2, 0.25) is 0 Å². The van der Waals surface area contributed by atoms with E-state index < -0.39 is 0 Å². The first kappa shape index (κ1) is 14.1. The molecule has 1 saturated carbocycles. The van der Waals surface area contributed by atoms with E-state index >= 15 is 0 Å². The molecule has 3 rings (SSSR count). The van der Waals surface area contributed by atoms with E-state index in [2.05, 4.69) is 4.98 Å². The van der Waals surface area contributed by atoms with Crippen LogP contribution in [0.3, 0.4) is 0 Å². The van der Waals surface area contributed by atoms with Crippen molar-refractivity contribution >= 4 is 16.7 Å². The van der Waals surface area contributed by atoms with Gasteiger partial charge in [-0.2, -0.15) is 0 Å². The number of pyridine rings is 1. The fraction of sp³-hybridized carbons (Fsp3) is 0.444. The number of ether oxygens (including phenoxy) is 1. The first-order chi connectivity index (χ1) is 10.3. The maximum atomic E-state index is 12.8. The van der Waals surface area contributed by atoms with Crippen LogP contribution in [0.15, 0.2) is 30.5 Å². The predicted molar refractivity (Wildman–Crippen MR) is 83.8 cm³/mol. The molecule has 0 bridgehead atoms. The van der Waals surface area contributed by atoms with Crippen molar-refractivity contribution in [3.05, 3.63) is 36.0 Å². The monoisotopic (exact) mass is 283 g/mol. The first-order valence-corrected chi connectivity index (χ1v) is 7.86. The highest BCUT2D eigenvalue weighted by atomic mass is 16.5. The number of ketones is 1. The second kappa shape index (κ2) is 6.25. The Balaban J connectivity index is 2.02. The Hall–Kier alpha value is -1.90. The summed E-state index contributed by atoms with van der Waals surface area (Å²) in [5, 5.41) is 0.916. The topological polar surface area (TPSA) is 39.2 Å². The summed E-state index contributed by atoms with van der Waals surface area (Å²) in [6, 6.07) is 7.65. The quantitative estimate of drug-likeness (QED) is 0.781. The van der Waals surface area contributed by atoms with E-state index in [-0.39, 0.29) is 11.7 Å². The molecule has 1 aromatic carbocycles. The maximum absolute atomic E-state index is 12.8. The number of carbonyl (C=O) groups is 1. The van der Waals surface area contributed by atoms with E-state index in [0.717, 1.165) is 35.1 Å². The minimum atomic E-state index is 0.181. The lowest BCUT2D eigenvalue weighted by Gasteiger charge is -2.21. The van der Waals surface area contributed by atoms with Gasteiger partial charge >= 0.3 is 0 Å². The van der Waals surface area contributed by atoms with Crippen molar-refractivity contribution < 1.29 is 9.53 Å². The summed E-state index contributed by atoms with van der Waals surface area (Å²) in [6.45, 7) is 2.55. The van der Waals surface area contributed by atoms with Crippen molar-refractivity contribution in [2.24, 2.45) is 5.92 Å². The van der Waals surface area contributed by atoms with Gasteiger partial charge in [0.1, 0.15) is 11.3 Å². The summed E-state index contributed by atoms with van der Waals surface area (Å²) in [5.74, 6) is 1.21. The largest absolute Gasteiger partial charge is 0.492 e. The lowest BCUT2D eigenvalue weighted by atomic mass is 9.83. The molecule has 1 heterocycles. The highest BCUT2D eigenvalue weighted by Gasteiger charge is 2.24. The molecule has 0 spiro atoms. The lowest BCUT2D eigenvalue weighted by Crippen LogP contribution is -2.18. The highest BCUT2D eigenvalue weighted by Crippen LogP contribution is 2.32. The molecule has 0 atom stereocenters. The van der Waals surface area contributed by atoms with Crippen LogP contribution in [0.5, 0.6) is 5.75 Å². The molecule has 1 aliphatic rings. The second-order valence-electron chi connectivity index (χ2n) is 5.64. The van der Waals surface area contributed by atoms with Gasteiger partial charge in [-0.15, -0.1) is 0 Å². The molecule has 3 nitrogen and oxygen atoms in total. The van der Waals surface area contributed by atoms with Gasteiger partial charge in [-0.3, -0.25) is 9.78 Å². The van der Waals surface area contributed by atoms with Gasteiger partial charge in [0.25, 0.3) is 0 Å². The van der Waals surface area contributed by atoms with Crippen molar-refractivity contribution in [3.8, 4) is 5.75 Å². The number of rotatable bonds is 4. The lowest BCUT2D eigenvalue weighted by molar-refractivity contribution is 0.0891. The number of aromatic nitrogens is 1. The zero-order chi connectivity index (χ0) is 14.7. The average molecular weight is 283 g/mol. The molecule has 1 aliphatic carbocycles. The molecule has 2 aromatic rings. The third-order valence-corrected chi connectivity index (χ3v) is 4.27. The molecular weight excluding hydrogens is 262 g/mol. The summed E-state index contributed by atoms with van der Waals surface area (Å²) in [7, 11) is 0. The van der Waals surface area contributed by atoms with Gasteiger partial charge in [0, 0.05) is 23.1 Å². The molecule has 0 N–H and O–H groups in total. The third kappa shape index (κ3) is 2.78. The van der Waals surface area contributed by atoms with Crippen molar-refractivity contribution in [3.63, 3.8) is 0 Å². The second-order valence-corrected chi connectivity index (χ2v) is 5.64. The van der Waals surface area contributed by atoms with E-state index in [4.69, 9.17) is 4.74 Å². The van der Waals surface area contributed by atoms with Gasteiger partial charge in [0.05, 0.1) is 6.61 Å².